The first-order valence-corrected chi connectivity index (χ1v) is 10.8. The van der Waals surface area contributed by atoms with Crippen LogP contribution in [0, 0.1) is 28.6 Å². The Bertz CT molecular complexity index is 694. The predicted octanol–water partition coefficient (Wildman–Crippen LogP) is -3.11. The van der Waals surface area contributed by atoms with Gasteiger partial charge in [-0.2, -0.15) is 0 Å². The number of halogens is 1. The second kappa shape index (κ2) is 4.89. The van der Waals surface area contributed by atoms with Crippen molar-refractivity contribution < 1.29 is 30.5 Å². The zero-order valence-electron chi connectivity index (χ0n) is 14.4. The van der Waals surface area contributed by atoms with Crippen LogP contribution in [0.15, 0.2) is 0 Å². The van der Waals surface area contributed by atoms with E-state index in [2.05, 4.69) is 13.8 Å². The highest BCUT2D eigenvalue weighted by atomic mass is 35.5. The van der Waals surface area contributed by atoms with E-state index in [0.717, 1.165) is 45.3 Å². The average Bonchev–Trinajstić information content (AvgIpc) is 3.21. The summed E-state index contributed by atoms with van der Waals surface area (Å²) in [7, 11) is -3.44. The van der Waals surface area contributed by atoms with Gasteiger partial charge >= 0.3 is 0 Å². The number of hydrogen-bond donors (Lipinski definition) is 1. The molecule has 24 heavy (non-hydrogen) atoms. The molecule has 1 N–H and O–H groups in total. The fourth-order valence-corrected chi connectivity index (χ4v) is 9.59. The van der Waals surface area contributed by atoms with Crippen LogP contribution in [-0.2, 0) is 14.8 Å². The number of hydrogen-bond acceptors (Lipinski definition) is 3. The van der Waals surface area contributed by atoms with E-state index in [-0.39, 0.29) is 46.9 Å². The van der Waals surface area contributed by atoms with Gasteiger partial charge in [-0.3, -0.25) is 4.79 Å². The van der Waals surface area contributed by atoms with Crippen LogP contribution in [0.3, 0.4) is 0 Å². The minimum Gasteiger partial charge on any atom is -1.00 e. The highest BCUT2D eigenvalue weighted by molar-refractivity contribution is 7.90. The largest absolute Gasteiger partial charge is 1.00 e. The van der Waals surface area contributed by atoms with E-state index in [1.807, 2.05) is 0 Å². The van der Waals surface area contributed by atoms with E-state index in [1.165, 1.54) is 9.21 Å². The normalized spacial score (nSPS) is 49.2. The molecule has 2 saturated carbocycles. The van der Waals surface area contributed by atoms with Crippen molar-refractivity contribution in [1.29, 1.82) is 0 Å². The SMILES string of the molecule is CC1(C)[C@@H]2CC[C@]13CS(=O)(=O)N(C(=O)[C@@H]1C[NH+]4CC[C@H]1C4)[C@@H]3C2.[Cl-]. The van der Waals surface area contributed by atoms with Gasteiger partial charge in [0.1, 0.15) is 0 Å². The molecule has 7 heteroatoms. The van der Waals surface area contributed by atoms with Crippen molar-refractivity contribution in [2.45, 2.75) is 45.6 Å². The van der Waals surface area contributed by atoms with Gasteiger partial charge in [0.25, 0.3) is 0 Å². The molecular formula is C17H27ClN2O3S. The monoisotopic (exact) mass is 374 g/mol. The molecule has 6 atom stereocenters. The Morgan fingerprint density at radius 1 is 1.21 bits per heavy atom. The van der Waals surface area contributed by atoms with Crippen molar-refractivity contribution in [3.05, 3.63) is 0 Å². The zero-order chi connectivity index (χ0) is 16.2. The number of nitrogens with zero attached hydrogens (tertiary/aromatic N) is 1. The molecule has 5 aliphatic rings. The van der Waals surface area contributed by atoms with Crippen molar-refractivity contribution >= 4 is 15.9 Å². The first-order valence-electron chi connectivity index (χ1n) is 9.16. The van der Waals surface area contributed by atoms with Crippen LogP contribution in [0.5, 0.6) is 0 Å². The molecule has 0 aromatic heterocycles. The van der Waals surface area contributed by atoms with Crippen LogP contribution < -0.4 is 17.3 Å². The lowest BCUT2D eigenvalue weighted by atomic mass is 9.69. The standard InChI is InChI=1S/C17H26N2O3S.ClH/c1-16(2)12-3-5-17(16)10-23(21,22)19(14(17)7-12)15(20)13-9-18-6-4-11(13)8-18;/h11-14H,3-10H2,1-2H3;1H/t11-,12+,13+,14+,17+;/m0./s1. The summed E-state index contributed by atoms with van der Waals surface area (Å²) in [6.45, 7) is 7.54. The molecule has 1 amide bonds. The average molecular weight is 375 g/mol. The number of fused-ring (bicyclic) bond motifs is 3. The molecule has 2 aliphatic carbocycles. The molecular weight excluding hydrogens is 348 g/mol. The third-order valence-corrected chi connectivity index (χ3v) is 10.4. The van der Waals surface area contributed by atoms with Crippen molar-refractivity contribution in [2.24, 2.45) is 28.6 Å². The van der Waals surface area contributed by atoms with Gasteiger partial charge in [0, 0.05) is 17.8 Å². The van der Waals surface area contributed by atoms with Gasteiger partial charge in [-0.25, -0.2) is 12.7 Å². The van der Waals surface area contributed by atoms with Crippen LogP contribution in [0.1, 0.15) is 39.5 Å². The quantitative estimate of drug-likeness (QED) is 0.529. The smallest absolute Gasteiger partial charge is 0.245 e. The van der Waals surface area contributed by atoms with Gasteiger partial charge in [0.05, 0.1) is 37.3 Å². The molecule has 5 nitrogen and oxygen atoms in total. The Labute approximate surface area is 150 Å². The summed E-state index contributed by atoms with van der Waals surface area (Å²) < 4.78 is 27.3. The highest BCUT2D eigenvalue weighted by Crippen LogP contribution is 2.70. The Morgan fingerprint density at radius 3 is 2.54 bits per heavy atom. The maximum Gasteiger partial charge on any atom is 0.245 e. The summed E-state index contributed by atoms with van der Waals surface area (Å²) in [6.07, 6.45) is 4.09. The van der Waals surface area contributed by atoms with E-state index in [4.69, 9.17) is 0 Å². The van der Waals surface area contributed by atoms with Crippen molar-refractivity contribution in [3.8, 4) is 0 Å². The molecule has 0 aromatic carbocycles. The van der Waals surface area contributed by atoms with Gasteiger partial charge in [0.15, 0.2) is 0 Å². The Morgan fingerprint density at radius 2 is 1.96 bits per heavy atom. The third-order valence-electron chi connectivity index (χ3n) is 8.44. The van der Waals surface area contributed by atoms with Crippen molar-refractivity contribution in [2.75, 3.05) is 25.4 Å². The number of amides is 1. The fourth-order valence-electron chi connectivity index (χ4n) is 7.00. The summed E-state index contributed by atoms with van der Waals surface area (Å²) in [4.78, 5) is 14.7. The van der Waals surface area contributed by atoms with Crippen LogP contribution in [0.4, 0.5) is 0 Å². The van der Waals surface area contributed by atoms with Gasteiger partial charge in [-0.15, -0.1) is 0 Å². The lowest BCUT2D eigenvalue weighted by Crippen LogP contribution is -3.09. The number of rotatable bonds is 1. The summed E-state index contributed by atoms with van der Waals surface area (Å²) >= 11 is 0. The predicted molar refractivity (Wildman–Crippen MR) is 85.1 cm³/mol. The number of sulfonamides is 1. The van der Waals surface area contributed by atoms with Gasteiger partial charge in [-0.1, -0.05) is 13.8 Å². The molecule has 4 bridgehead atoms. The number of carbonyl (C=O) groups is 1. The molecule has 3 heterocycles. The molecule has 3 aliphatic heterocycles. The molecule has 136 valence electrons. The molecule has 1 spiro atoms. The summed E-state index contributed by atoms with van der Waals surface area (Å²) in [5.41, 5.74) is -0.139. The maximum absolute atomic E-state index is 13.2. The topological polar surface area (TPSA) is 58.9 Å². The highest BCUT2D eigenvalue weighted by Gasteiger charge is 2.72. The lowest BCUT2D eigenvalue weighted by Gasteiger charge is -2.37. The van der Waals surface area contributed by atoms with E-state index >= 15 is 0 Å². The Hall–Kier alpha value is -0.330. The fraction of sp³-hybridized carbons (Fsp3) is 0.941. The Balaban J connectivity index is 0.00000146. The van der Waals surface area contributed by atoms with Crippen molar-refractivity contribution in [1.82, 2.24) is 4.31 Å². The maximum atomic E-state index is 13.2. The summed E-state index contributed by atoms with van der Waals surface area (Å²) in [6, 6.07) is -0.0575. The second-order valence-electron chi connectivity index (χ2n) is 9.32. The number of quaternary nitrogens is 1. The van der Waals surface area contributed by atoms with Crippen LogP contribution in [0.2, 0.25) is 0 Å². The van der Waals surface area contributed by atoms with E-state index in [0.29, 0.717) is 11.8 Å². The van der Waals surface area contributed by atoms with Crippen LogP contribution in [0.25, 0.3) is 0 Å². The minimum absolute atomic E-state index is 0. The van der Waals surface area contributed by atoms with E-state index in [9.17, 15) is 13.2 Å². The summed E-state index contributed by atoms with van der Waals surface area (Å²) in [5, 5.41) is 0. The molecule has 5 rings (SSSR count). The molecule has 5 fully saturated rings. The first kappa shape index (κ1) is 17.1. The second-order valence-corrected chi connectivity index (χ2v) is 11.2. The van der Waals surface area contributed by atoms with Gasteiger partial charge < -0.3 is 17.3 Å². The van der Waals surface area contributed by atoms with E-state index < -0.39 is 10.0 Å². The third kappa shape index (κ3) is 1.80. The number of nitrogens with one attached hydrogen (secondary N) is 1. The minimum atomic E-state index is -3.44. The van der Waals surface area contributed by atoms with Gasteiger partial charge in [0.2, 0.25) is 15.9 Å². The summed E-state index contributed by atoms with van der Waals surface area (Å²) in [5.74, 6) is 1.08. The van der Waals surface area contributed by atoms with E-state index in [1.54, 1.807) is 0 Å². The molecule has 0 aromatic rings. The Kier molecular flexibility index (Phi) is 3.48. The molecule has 1 unspecified atom stereocenters. The first-order chi connectivity index (χ1) is 10.8. The molecule has 3 saturated heterocycles. The van der Waals surface area contributed by atoms with Crippen molar-refractivity contribution in [3.63, 3.8) is 0 Å². The molecule has 0 radical (unpaired) electrons. The van der Waals surface area contributed by atoms with Gasteiger partial charge in [-0.05, 0) is 30.6 Å². The van der Waals surface area contributed by atoms with Crippen LogP contribution >= 0.6 is 0 Å². The number of carbonyl (C=O) groups excluding carboxylic acids is 1. The number of piperidine rings is 1. The zero-order valence-corrected chi connectivity index (χ0v) is 16.0. The lowest BCUT2D eigenvalue weighted by molar-refractivity contribution is -0.880. The van der Waals surface area contributed by atoms with Crippen LogP contribution in [-0.4, -0.2) is 50.1 Å².